The summed E-state index contributed by atoms with van der Waals surface area (Å²) in [7, 11) is 1.67. The molecule has 4 N–H and O–H groups in total. The molecule has 2 unspecified atom stereocenters. The molecule has 0 aromatic heterocycles. The van der Waals surface area contributed by atoms with Gasteiger partial charge in [0.25, 0.3) is 0 Å². The Kier molecular flexibility index (Phi) is 5.37. The molecule has 0 spiro atoms. The smallest absolute Gasteiger partial charge is 0.186 e. The largest absolute Gasteiger partial charge is 0.507 e. The number of aromatic hydroxyl groups is 1. The standard InChI is InChI=1S/C23H21BrN2O2/c1-28-18-6-4-5-16(13-18)20-14-21(19-7-2-3-8-22(19)27)26-23(25-20)15-9-11-17(24)12-10-15/h2-14,21,23,25-27H,1H3/p+1. The third-order valence-electron chi connectivity index (χ3n) is 4.96. The van der Waals surface area contributed by atoms with Gasteiger partial charge in [0.1, 0.15) is 17.5 Å². The van der Waals surface area contributed by atoms with E-state index in [9.17, 15) is 5.11 Å². The van der Waals surface area contributed by atoms with Gasteiger partial charge in [0.2, 0.25) is 0 Å². The van der Waals surface area contributed by atoms with Crippen molar-refractivity contribution < 1.29 is 15.2 Å². The van der Waals surface area contributed by atoms with Gasteiger partial charge in [-0.1, -0.05) is 40.2 Å². The Morgan fingerprint density at radius 3 is 2.54 bits per heavy atom. The Balaban J connectivity index is 1.76. The summed E-state index contributed by atoms with van der Waals surface area (Å²) in [5.41, 5.74) is 4.13. The molecule has 5 heteroatoms. The van der Waals surface area contributed by atoms with Crippen LogP contribution in [0.4, 0.5) is 0 Å². The Morgan fingerprint density at radius 1 is 1.00 bits per heavy atom. The van der Waals surface area contributed by atoms with Gasteiger partial charge in [-0.2, -0.15) is 0 Å². The van der Waals surface area contributed by atoms with Crippen LogP contribution >= 0.6 is 15.9 Å². The van der Waals surface area contributed by atoms with Crippen LogP contribution in [0.1, 0.15) is 28.9 Å². The van der Waals surface area contributed by atoms with E-state index in [2.05, 4.69) is 50.8 Å². The molecule has 1 heterocycles. The monoisotopic (exact) mass is 437 g/mol. The molecule has 1 aliphatic heterocycles. The summed E-state index contributed by atoms with van der Waals surface area (Å²) < 4.78 is 6.44. The number of methoxy groups -OCH3 is 1. The Bertz CT molecular complexity index is 1000. The zero-order chi connectivity index (χ0) is 19.5. The van der Waals surface area contributed by atoms with Gasteiger partial charge in [0.05, 0.1) is 12.7 Å². The second kappa shape index (κ2) is 8.09. The normalized spacial score (nSPS) is 18.9. The van der Waals surface area contributed by atoms with Gasteiger partial charge in [0, 0.05) is 27.4 Å². The molecule has 2 atom stereocenters. The fourth-order valence-corrected chi connectivity index (χ4v) is 3.77. The van der Waals surface area contributed by atoms with E-state index in [0.29, 0.717) is 5.75 Å². The molecule has 0 saturated carbocycles. The molecule has 0 aliphatic carbocycles. The molecule has 4 rings (SSSR count). The number of benzene rings is 3. The molecule has 0 saturated heterocycles. The maximum absolute atomic E-state index is 10.4. The Hall–Kier alpha value is -2.76. The molecule has 28 heavy (non-hydrogen) atoms. The van der Waals surface area contributed by atoms with E-state index in [1.807, 2.05) is 48.5 Å². The summed E-state index contributed by atoms with van der Waals surface area (Å²) in [5, 5.41) is 16.3. The number of nitrogens with two attached hydrogens (primary N) is 1. The van der Waals surface area contributed by atoms with E-state index in [1.54, 1.807) is 13.2 Å². The highest BCUT2D eigenvalue weighted by Gasteiger charge is 2.29. The van der Waals surface area contributed by atoms with Crippen LogP contribution in [0.3, 0.4) is 0 Å². The van der Waals surface area contributed by atoms with E-state index in [0.717, 1.165) is 32.6 Å². The zero-order valence-corrected chi connectivity index (χ0v) is 17.1. The number of phenolic OH excluding ortho intramolecular Hbond substituents is 1. The lowest BCUT2D eigenvalue weighted by atomic mass is 9.98. The van der Waals surface area contributed by atoms with Crippen molar-refractivity contribution in [3.63, 3.8) is 0 Å². The van der Waals surface area contributed by atoms with Crippen molar-refractivity contribution in [1.82, 2.24) is 5.32 Å². The summed E-state index contributed by atoms with van der Waals surface area (Å²) in [4.78, 5) is 0. The predicted molar refractivity (Wildman–Crippen MR) is 114 cm³/mol. The summed E-state index contributed by atoms with van der Waals surface area (Å²) in [5.74, 6) is 1.12. The topological polar surface area (TPSA) is 58.1 Å². The average molecular weight is 438 g/mol. The van der Waals surface area contributed by atoms with Gasteiger partial charge in [0.15, 0.2) is 6.17 Å². The second-order valence-electron chi connectivity index (χ2n) is 6.76. The number of hydrogen-bond donors (Lipinski definition) is 3. The van der Waals surface area contributed by atoms with Crippen LogP contribution < -0.4 is 15.4 Å². The number of rotatable bonds is 4. The molecule has 3 aromatic carbocycles. The molecule has 1 aliphatic rings. The average Bonchev–Trinajstić information content (AvgIpc) is 2.74. The van der Waals surface area contributed by atoms with Crippen LogP contribution in [0.5, 0.6) is 11.5 Å². The minimum Gasteiger partial charge on any atom is -0.507 e. The van der Waals surface area contributed by atoms with Crippen molar-refractivity contribution in [1.29, 1.82) is 0 Å². The third-order valence-corrected chi connectivity index (χ3v) is 5.49. The van der Waals surface area contributed by atoms with Gasteiger partial charge >= 0.3 is 0 Å². The lowest BCUT2D eigenvalue weighted by Gasteiger charge is -2.30. The molecule has 3 aromatic rings. The first-order chi connectivity index (χ1) is 13.6. The minimum atomic E-state index is -0.0164. The van der Waals surface area contributed by atoms with Crippen LogP contribution in [0.25, 0.3) is 5.70 Å². The van der Waals surface area contributed by atoms with Crippen molar-refractivity contribution in [2.75, 3.05) is 7.11 Å². The van der Waals surface area contributed by atoms with Gasteiger partial charge < -0.3 is 20.5 Å². The third kappa shape index (κ3) is 3.91. The molecule has 4 nitrogen and oxygen atoms in total. The number of ether oxygens (including phenoxy) is 1. The predicted octanol–water partition coefficient (Wildman–Crippen LogP) is 4.11. The van der Waals surface area contributed by atoms with E-state index in [1.165, 1.54) is 0 Å². The highest BCUT2D eigenvalue weighted by atomic mass is 79.9. The molecule has 0 amide bonds. The second-order valence-corrected chi connectivity index (χ2v) is 7.68. The van der Waals surface area contributed by atoms with Crippen molar-refractivity contribution in [3.8, 4) is 11.5 Å². The Morgan fingerprint density at radius 2 is 1.79 bits per heavy atom. The van der Waals surface area contributed by atoms with Crippen LogP contribution in [0.2, 0.25) is 0 Å². The number of nitrogens with one attached hydrogen (secondary N) is 1. The fraction of sp³-hybridized carbons (Fsp3) is 0.130. The van der Waals surface area contributed by atoms with E-state index < -0.39 is 0 Å². The molecular weight excluding hydrogens is 416 g/mol. The van der Waals surface area contributed by atoms with Crippen molar-refractivity contribution in [2.45, 2.75) is 12.2 Å². The summed E-state index contributed by atoms with van der Waals surface area (Å²) in [6, 6.07) is 23.8. The maximum atomic E-state index is 10.4. The summed E-state index contributed by atoms with van der Waals surface area (Å²) >= 11 is 3.50. The van der Waals surface area contributed by atoms with E-state index >= 15 is 0 Å². The van der Waals surface area contributed by atoms with Gasteiger partial charge in [-0.05, 0) is 48.5 Å². The fourth-order valence-electron chi connectivity index (χ4n) is 3.50. The molecule has 0 radical (unpaired) electrons. The lowest BCUT2D eigenvalue weighted by molar-refractivity contribution is -0.731. The quantitative estimate of drug-likeness (QED) is 0.575. The first-order valence-electron chi connectivity index (χ1n) is 9.15. The molecular formula is C23H22BrN2O2+. The minimum absolute atomic E-state index is 0.0164. The Labute approximate surface area is 173 Å². The SMILES string of the molecule is COc1cccc(C2=CC(c3ccccc3O)[NH2+]C(c3ccc(Br)cc3)N2)c1. The number of para-hydroxylation sites is 1. The number of quaternary nitrogens is 1. The first-order valence-corrected chi connectivity index (χ1v) is 9.94. The highest BCUT2D eigenvalue weighted by Crippen LogP contribution is 2.30. The van der Waals surface area contributed by atoms with Crippen molar-refractivity contribution in [2.24, 2.45) is 0 Å². The molecule has 0 bridgehead atoms. The van der Waals surface area contributed by atoms with Crippen molar-refractivity contribution in [3.05, 3.63) is 100 Å². The maximum Gasteiger partial charge on any atom is 0.186 e. The lowest BCUT2D eigenvalue weighted by Crippen LogP contribution is -2.89. The van der Waals surface area contributed by atoms with Crippen LogP contribution in [0.15, 0.2) is 83.3 Å². The van der Waals surface area contributed by atoms with Crippen LogP contribution in [0, 0.1) is 0 Å². The number of halogens is 1. The number of phenols is 1. The van der Waals surface area contributed by atoms with Gasteiger partial charge in [-0.3, -0.25) is 0 Å². The summed E-state index contributed by atoms with van der Waals surface area (Å²) in [6.45, 7) is 0. The van der Waals surface area contributed by atoms with Gasteiger partial charge in [-0.15, -0.1) is 0 Å². The highest BCUT2D eigenvalue weighted by molar-refractivity contribution is 9.10. The van der Waals surface area contributed by atoms with Gasteiger partial charge in [-0.25, -0.2) is 0 Å². The molecule has 142 valence electrons. The van der Waals surface area contributed by atoms with Crippen molar-refractivity contribution >= 4 is 21.6 Å². The zero-order valence-electron chi connectivity index (χ0n) is 15.5. The van der Waals surface area contributed by atoms with Crippen LogP contribution in [-0.2, 0) is 0 Å². The van der Waals surface area contributed by atoms with E-state index in [-0.39, 0.29) is 12.2 Å². The van der Waals surface area contributed by atoms with E-state index in [4.69, 9.17) is 4.74 Å². The molecule has 0 fully saturated rings. The number of hydrogen-bond acceptors (Lipinski definition) is 3. The summed E-state index contributed by atoms with van der Waals surface area (Å²) in [6.07, 6.45) is 2.17. The first kappa shape index (κ1) is 18.6. The van der Waals surface area contributed by atoms with Crippen LogP contribution in [-0.4, -0.2) is 12.2 Å².